The van der Waals surface area contributed by atoms with Gasteiger partial charge >= 0.3 is 0 Å². The number of fused-ring (bicyclic) bond motifs is 1. The second-order valence-corrected chi connectivity index (χ2v) is 7.16. The molecule has 0 unspecified atom stereocenters. The van der Waals surface area contributed by atoms with Gasteiger partial charge in [0.2, 0.25) is 5.91 Å². The molecule has 3 rings (SSSR count). The summed E-state index contributed by atoms with van der Waals surface area (Å²) in [5.74, 6) is 0.509. The van der Waals surface area contributed by atoms with E-state index in [1.807, 2.05) is 53.8 Å². The summed E-state index contributed by atoms with van der Waals surface area (Å²) >= 11 is 1.51. The number of morpholine rings is 1. The maximum absolute atomic E-state index is 12.7. The molecule has 1 amide bonds. The smallest absolute Gasteiger partial charge is 0.242 e. The number of amides is 1. The Hall–Kier alpha value is -1.97. The fourth-order valence-electron chi connectivity index (χ4n) is 3.20. The van der Waals surface area contributed by atoms with E-state index in [0.29, 0.717) is 25.4 Å². The molecule has 0 spiro atoms. The molecule has 1 aromatic carbocycles. The van der Waals surface area contributed by atoms with Crippen molar-refractivity contribution in [2.45, 2.75) is 37.5 Å². The highest BCUT2D eigenvalue weighted by Crippen LogP contribution is 2.30. The van der Waals surface area contributed by atoms with Gasteiger partial charge < -0.3 is 14.2 Å². The normalized spacial score (nSPS) is 21.0. The van der Waals surface area contributed by atoms with Crippen LogP contribution in [0.5, 0.6) is 0 Å². The van der Waals surface area contributed by atoms with Gasteiger partial charge in [0.05, 0.1) is 24.0 Å². The van der Waals surface area contributed by atoms with Crippen molar-refractivity contribution in [1.29, 1.82) is 5.26 Å². The Balaban J connectivity index is 1.82. The summed E-state index contributed by atoms with van der Waals surface area (Å²) in [4.78, 5) is 15.6. The van der Waals surface area contributed by atoms with Crippen LogP contribution < -0.4 is 0 Å². The summed E-state index contributed by atoms with van der Waals surface area (Å²) in [5.41, 5.74) is 1.03. The Morgan fingerprint density at radius 1 is 1.33 bits per heavy atom. The largest absolute Gasteiger partial charge is 0.372 e. The molecular formula is C18H21N3O2S. The van der Waals surface area contributed by atoms with E-state index < -0.39 is 0 Å². The van der Waals surface area contributed by atoms with Gasteiger partial charge in [0, 0.05) is 35.1 Å². The van der Waals surface area contributed by atoms with Crippen molar-refractivity contribution in [3.05, 3.63) is 30.5 Å². The third kappa shape index (κ3) is 3.58. The van der Waals surface area contributed by atoms with Gasteiger partial charge in [-0.2, -0.15) is 5.26 Å². The summed E-state index contributed by atoms with van der Waals surface area (Å²) in [6.45, 7) is 5.58. The lowest BCUT2D eigenvalue weighted by Gasteiger charge is -2.35. The summed E-state index contributed by atoms with van der Waals surface area (Å²) in [6.07, 6.45) is 2.12. The Bertz CT molecular complexity index is 770. The molecule has 2 heterocycles. The number of carbonyl (C=O) groups is 1. The first-order valence-corrected chi connectivity index (χ1v) is 9.08. The van der Waals surface area contributed by atoms with Gasteiger partial charge in [0.15, 0.2) is 0 Å². The van der Waals surface area contributed by atoms with Crippen LogP contribution in [0, 0.1) is 11.3 Å². The quantitative estimate of drug-likeness (QED) is 0.801. The predicted molar refractivity (Wildman–Crippen MR) is 94.9 cm³/mol. The van der Waals surface area contributed by atoms with E-state index in [4.69, 9.17) is 10.00 Å². The van der Waals surface area contributed by atoms with Crippen LogP contribution in [-0.4, -0.2) is 46.4 Å². The third-order valence-corrected chi connectivity index (χ3v) is 5.03. The van der Waals surface area contributed by atoms with Gasteiger partial charge in [-0.15, -0.1) is 11.8 Å². The highest BCUT2D eigenvalue weighted by atomic mass is 32.2. The highest BCUT2D eigenvalue weighted by molar-refractivity contribution is 7.99. The Morgan fingerprint density at radius 2 is 2.04 bits per heavy atom. The van der Waals surface area contributed by atoms with Crippen molar-refractivity contribution in [2.75, 3.05) is 18.8 Å². The number of ether oxygens (including phenoxy) is 1. The van der Waals surface area contributed by atoms with E-state index in [-0.39, 0.29) is 18.1 Å². The van der Waals surface area contributed by atoms with Gasteiger partial charge in [-0.05, 0) is 19.9 Å². The molecule has 5 nitrogen and oxygen atoms in total. The minimum absolute atomic E-state index is 0.0702. The number of hydrogen-bond acceptors (Lipinski definition) is 4. The van der Waals surface area contributed by atoms with Crippen LogP contribution in [0.25, 0.3) is 10.9 Å². The number of nitrogens with zero attached hydrogens (tertiary/aromatic N) is 3. The fourth-order valence-corrected chi connectivity index (χ4v) is 3.95. The average Bonchev–Trinajstić information content (AvgIpc) is 2.90. The van der Waals surface area contributed by atoms with Gasteiger partial charge in [-0.1, -0.05) is 18.2 Å². The molecule has 0 aliphatic carbocycles. The van der Waals surface area contributed by atoms with Crippen molar-refractivity contribution in [3.63, 3.8) is 0 Å². The molecule has 24 heavy (non-hydrogen) atoms. The topological polar surface area (TPSA) is 58.3 Å². The molecule has 0 N–H and O–H groups in total. The SMILES string of the molecule is C[C@@H]1CN(C(=O)Cn2cc(SCC#N)c3ccccc32)C[C@H](C)O1. The molecule has 6 heteroatoms. The van der Waals surface area contributed by atoms with E-state index in [2.05, 4.69) is 6.07 Å². The van der Waals surface area contributed by atoms with Crippen molar-refractivity contribution in [1.82, 2.24) is 9.47 Å². The molecule has 1 saturated heterocycles. The second-order valence-electron chi connectivity index (χ2n) is 6.14. The van der Waals surface area contributed by atoms with Gasteiger partial charge in [0.25, 0.3) is 0 Å². The molecule has 0 radical (unpaired) electrons. The van der Waals surface area contributed by atoms with E-state index in [1.165, 1.54) is 11.8 Å². The standard InChI is InChI=1S/C18H21N3O2S/c1-13-9-21(10-14(2)23-13)18(22)12-20-11-17(24-8-7-19)15-5-3-4-6-16(15)20/h3-6,11,13-14H,8-10,12H2,1-2H3/t13-,14+. The summed E-state index contributed by atoms with van der Waals surface area (Å²) < 4.78 is 7.69. The number of para-hydroxylation sites is 1. The van der Waals surface area contributed by atoms with E-state index in [9.17, 15) is 4.79 Å². The van der Waals surface area contributed by atoms with Crippen LogP contribution in [-0.2, 0) is 16.1 Å². The molecular weight excluding hydrogens is 322 g/mol. The zero-order chi connectivity index (χ0) is 17.1. The Kier molecular flexibility index (Phi) is 5.12. The average molecular weight is 343 g/mol. The molecule has 1 fully saturated rings. The van der Waals surface area contributed by atoms with Crippen LogP contribution in [0.4, 0.5) is 0 Å². The minimum atomic E-state index is 0.0702. The third-order valence-electron chi connectivity index (χ3n) is 4.12. The fraction of sp³-hybridized carbons (Fsp3) is 0.444. The molecule has 2 aromatic rings. The predicted octanol–water partition coefficient (Wildman–Crippen LogP) is 2.89. The lowest BCUT2D eigenvalue weighted by molar-refractivity contribution is -0.143. The van der Waals surface area contributed by atoms with Gasteiger partial charge in [-0.3, -0.25) is 4.79 Å². The molecule has 2 atom stereocenters. The highest BCUT2D eigenvalue weighted by Gasteiger charge is 2.26. The minimum Gasteiger partial charge on any atom is -0.372 e. The van der Waals surface area contributed by atoms with Crippen LogP contribution in [0.3, 0.4) is 0 Å². The number of hydrogen-bond donors (Lipinski definition) is 0. The molecule has 0 saturated carbocycles. The van der Waals surface area contributed by atoms with Crippen LogP contribution in [0.1, 0.15) is 13.8 Å². The first-order valence-electron chi connectivity index (χ1n) is 8.09. The summed E-state index contributed by atoms with van der Waals surface area (Å²) in [6, 6.07) is 10.2. The lowest BCUT2D eigenvalue weighted by Crippen LogP contribution is -2.49. The molecule has 126 valence electrons. The number of rotatable bonds is 4. The lowest BCUT2D eigenvalue weighted by atomic mass is 10.2. The number of aromatic nitrogens is 1. The maximum Gasteiger partial charge on any atom is 0.242 e. The Morgan fingerprint density at radius 3 is 2.75 bits per heavy atom. The van der Waals surface area contributed by atoms with Crippen molar-refractivity contribution in [2.24, 2.45) is 0 Å². The number of nitriles is 1. The van der Waals surface area contributed by atoms with E-state index in [1.54, 1.807) is 0 Å². The monoisotopic (exact) mass is 343 g/mol. The van der Waals surface area contributed by atoms with E-state index >= 15 is 0 Å². The molecule has 1 aliphatic heterocycles. The van der Waals surface area contributed by atoms with E-state index in [0.717, 1.165) is 15.8 Å². The van der Waals surface area contributed by atoms with Crippen LogP contribution >= 0.6 is 11.8 Å². The number of thioether (sulfide) groups is 1. The maximum atomic E-state index is 12.7. The van der Waals surface area contributed by atoms with Gasteiger partial charge in [-0.25, -0.2) is 0 Å². The number of benzene rings is 1. The summed E-state index contributed by atoms with van der Waals surface area (Å²) in [7, 11) is 0. The first kappa shape index (κ1) is 16.9. The number of carbonyl (C=O) groups excluding carboxylic acids is 1. The molecule has 1 aromatic heterocycles. The molecule has 1 aliphatic rings. The Labute approximate surface area is 146 Å². The zero-order valence-corrected chi connectivity index (χ0v) is 14.8. The molecule has 0 bridgehead atoms. The van der Waals surface area contributed by atoms with Crippen LogP contribution in [0.2, 0.25) is 0 Å². The second kappa shape index (κ2) is 7.29. The van der Waals surface area contributed by atoms with Crippen LogP contribution in [0.15, 0.2) is 35.4 Å². The van der Waals surface area contributed by atoms with Crippen molar-refractivity contribution in [3.8, 4) is 6.07 Å². The van der Waals surface area contributed by atoms with Crippen molar-refractivity contribution >= 4 is 28.6 Å². The first-order chi connectivity index (χ1) is 11.6. The summed E-state index contributed by atoms with van der Waals surface area (Å²) in [5, 5.41) is 9.91. The zero-order valence-electron chi connectivity index (χ0n) is 13.9. The van der Waals surface area contributed by atoms with Gasteiger partial charge in [0.1, 0.15) is 6.54 Å². The van der Waals surface area contributed by atoms with Crippen molar-refractivity contribution < 1.29 is 9.53 Å².